The normalized spacial score (nSPS) is 12.7. The standard InChI is InChI=1S/C17H19N3/c1-13(18-2)17-8-5-11-20(17)12-14-9-10-19-16-7-4-3-6-15(14)16/h3-11,13,18H,12H2,1-2H3. The number of para-hydroxylation sites is 1. The van der Waals surface area contributed by atoms with Gasteiger partial charge < -0.3 is 9.88 Å². The molecule has 0 radical (unpaired) electrons. The van der Waals surface area contributed by atoms with Gasteiger partial charge in [0, 0.05) is 36.1 Å². The highest BCUT2D eigenvalue weighted by Gasteiger charge is 2.09. The van der Waals surface area contributed by atoms with Crippen LogP contribution in [0, 0.1) is 0 Å². The molecule has 0 aliphatic heterocycles. The number of hydrogen-bond acceptors (Lipinski definition) is 2. The van der Waals surface area contributed by atoms with Crippen LogP contribution in [0.2, 0.25) is 0 Å². The van der Waals surface area contributed by atoms with Gasteiger partial charge in [-0.2, -0.15) is 0 Å². The molecule has 2 heterocycles. The van der Waals surface area contributed by atoms with Crippen LogP contribution in [-0.2, 0) is 6.54 Å². The Morgan fingerprint density at radius 1 is 1.15 bits per heavy atom. The molecule has 0 bridgehead atoms. The average Bonchev–Trinajstić information content (AvgIpc) is 2.95. The van der Waals surface area contributed by atoms with Gasteiger partial charge in [0.1, 0.15) is 0 Å². The van der Waals surface area contributed by atoms with Gasteiger partial charge in [-0.15, -0.1) is 0 Å². The topological polar surface area (TPSA) is 29.9 Å². The molecule has 0 aliphatic rings. The molecule has 1 N–H and O–H groups in total. The highest BCUT2D eigenvalue weighted by Crippen LogP contribution is 2.20. The smallest absolute Gasteiger partial charge is 0.0705 e. The van der Waals surface area contributed by atoms with Crippen molar-refractivity contribution in [3.63, 3.8) is 0 Å². The summed E-state index contributed by atoms with van der Waals surface area (Å²) in [6.07, 6.45) is 4.03. The van der Waals surface area contributed by atoms with E-state index in [1.807, 2.05) is 19.3 Å². The van der Waals surface area contributed by atoms with E-state index in [9.17, 15) is 0 Å². The Hall–Kier alpha value is -2.13. The maximum absolute atomic E-state index is 4.42. The Morgan fingerprint density at radius 3 is 2.85 bits per heavy atom. The zero-order chi connectivity index (χ0) is 13.9. The van der Waals surface area contributed by atoms with E-state index in [-0.39, 0.29) is 0 Å². The zero-order valence-electron chi connectivity index (χ0n) is 11.9. The lowest BCUT2D eigenvalue weighted by Crippen LogP contribution is -2.17. The fourth-order valence-electron chi connectivity index (χ4n) is 2.59. The SMILES string of the molecule is CNC(C)c1cccn1Cc1ccnc2ccccc12. The molecule has 3 aromatic rings. The fourth-order valence-corrected chi connectivity index (χ4v) is 2.59. The van der Waals surface area contributed by atoms with E-state index in [1.165, 1.54) is 16.6 Å². The lowest BCUT2D eigenvalue weighted by molar-refractivity contribution is 0.590. The van der Waals surface area contributed by atoms with E-state index in [0.29, 0.717) is 6.04 Å². The van der Waals surface area contributed by atoms with Gasteiger partial charge in [0.2, 0.25) is 0 Å². The van der Waals surface area contributed by atoms with Crippen LogP contribution in [0.1, 0.15) is 24.2 Å². The first-order valence-electron chi connectivity index (χ1n) is 6.94. The summed E-state index contributed by atoms with van der Waals surface area (Å²) < 4.78 is 2.29. The largest absolute Gasteiger partial charge is 0.346 e. The number of aromatic nitrogens is 2. The van der Waals surface area contributed by atoms with Crippen LogP contribution in [0.5, 0.6) is 0 Å². The average molecular weight is 265 g/mol. The van der Waals surface area contributed by atoms with E-state index >= 15 is 0 Å². The van der Waals surface area contributed by atoms with Crippen LogP contribution in [0.3, 0.4) is 0 Å². The first-order valence-corrected chi connectivity index (χ1v) is 6.94. The molecule has 1 aromatic carbocycles. The summed E-state index contributed by atoms with van der Waals surface area (Å²) in [4.78, 5) is 4.42. The van der Waals surface area contributed by atoms with Gasteiger partial charge in [-0.25, -0.2) is 0 Å². The van der Waals surface area contributed by atoms with Gasteiger partial charge in [0.15, 0.2) is 0 Å². The molecular formula is C17H19N3. The van der Waals surface area contributed by atoms with Crippen LogP contribution in [0.25, 0.3) is 10.9 Å². The van der Waals surface area contributed by atoms with E-state index in [2.05, 4.69) is 64.4 Å². The van der Waals surface area contributed by atoms with E-state index in [4.69, 9.17) is 0 Å². The van der Waals surface area contributed by atoms with Crippen molar-refractivity contribution in [2.24, 2.45) is 0 Å². The molecule has 0 fully saturated rings. The third kappa shape index (κ3) is 2.32. The predicted octanol–water partition coefficient (Wildman–Crippen LogP) is 3.37. The molecule has 1 unspecified atom stereocenters. The molecule has 2 aromatic heterocycles. The van der Waals surface area contributed by atoms with Crippen molar-refractivity contribution < 1.29 is 0 Å². The lowest BCUT2D eigenvalue weighted by atomic mass is 10.1. The quantitative estimate of drug-likeness (QED) is 0.784. The van der Waals surface area contributed by atoms with Crippen molar-refractivity contribution >= 4 is 10.9 Å². The monoisotopic (exact) mass is 265 g/mol. The number of nitrogens with zero attached hydrogens (tertiary/aromatic N) is 2. The Balaban J connectivity index is 2.00. The van der Waals surface area contributed by atoms with Gasteiger partial charge in [-0.3, -0.25) is 4.98 Å². The van der Waals surface area contributed by atoms with Gasteiger partial charge in [0.05, 0.1) is 5.52 Å². The van der Waals surface area contributed by atoms with Gasteiger partial charge in [-0.1, -0.05) is 18.2 Å². The summed E-state index contributed by atoms with van der Waals surface area (Å²) in [5, 5.41) is 4.53. The first-order chi connectivity index (χ1) is 9.79. The number of pyridine rings is 1. The molecule has 0 saturated heterocycles. The second-order valence-corrected chi connectivity index (χ2v) is 5.06. The second-order valence-electron chi connectivity index (χ2n) is 5.06. The number of benzene rings is 1. The van der Waals surface area contributed by atoms with Gasteiger partial charge in [-0.05, 0) is 43.8 Å². The highest BCUT2D eigenvalue weighted by atomic mass is 15.0. The number of rotatable bonds is 4. The van der Waals surface area contributed by atoms with Gasteiger partial charge >= 0.3 is 0 Å². The summed E-state index contributed by atoms with van der Waals surface area (Å²) in [5.41, 5.74) is 3.66. The molecular weight excluding hydrogens is 246 g/mol. The van der Waals surface area contributed by atoms with Gasteiger partial charge in [0.25, 0.3) is 0 Å². The Bertz CT molecular complexity index is 710. The highest BCUT2D eigenvalue weighted by molar-refractivity contribution is 5.81. The third-order valence-corrected chi connectivity index (χ3v) is 3.82. The summed E-state index contributed by atoms with van der Waals surface area (Å²) in [6.45, 7) is 3.05. The van der Waals surface area contributed by atoms with Crippen molar-refractivity contribution in [2.75, 3.05) is 7.05 Å². The van der Waals surface area contributed by atoms with Crippen molar-refractivity contribution in [1.29, 1.82) is 0 Å². The van der Waals surface area contributed by atoms with Crippen LogP contribution in [-0.4, -0.2) is 16.6 Å². The summed E-state index contributed by atoms with van der Waals surface area (Å²) >= 11 is 0. The number of nitrogens with one attached hydrogen (secondary N) is 1. The molecule has 0 amide bonds. The maximum Gasteiger partial charge on any atom is 0.0705 e. The van der Waals surface area contributed by atoms with Crippen molar-refractivity contribution in [3.05, 3.63) is 66.1 Å². The van der Waals surface area contributed by atoms with Crippen LogP contribution >= 0.6 is 0 Å². The first kappa shape index (κ1) is 12.9. The second kappa shape index (κ2) is 5.47. The molecule has 0 spiro atoms. The van der Waals surface area contributed by atoms with Crippen LogP contribution < -0.4 is 5.32 Å². The van der Waals surface area contributed by atoms with E-state index in [0.717, 1.165) is 12.1 Å². The minimum Gasteiger partial charge on any atom is -0.346 e. The lowest BCUT2D eigenvalue weighted by Gasteiger charge is -2.15. The Labute approximate surface area is 119 Å². The Morgan fingerprint density at radius 2 is 2.00 bits per heavy atom. The zero-order valence-corrected chi connectivity index (χ0v) is 11.9. The summed E-state index contributed by atoms with van der Waals surface area (Å²) in [7, 11) is 1.99. The molecule has 0 aliphatic carbocycles. The van der Waals surface area contributed by atoms with E-state index < -0.39 is 0 Å². The van der Waals surface area contributed by atoms with Crippen LogP contribution in [0.4, 0.5) is 0 Å². The maximum atomic E-state index is 4.42. The minimum atomic E-state index is 0.345. The summed E-state index contributed by atoms with van der Waals surface area (Å²) in [5.74, 6) is 0. The van der Waals surface area contributed by atoms with Crippen molar-refractivity contribution in [3.8, 4) is 0 Å². The fraction of sp³-hybridized carbons (Fsp3) is 0.235. The summed E-state index contributed by atoms with van der Waals surface area (Å²) in [6, 6.07) is 15.0. The minimum absolute atomic E-state index is 0.345. The van der Waals surface area contributed by atoms with Crippen LogP contribution in [0.15, 0.2) is 54.9 Å². The molecule has 20 heavy (non-hydrogen) atoms. The number of hydrogen-bond donors (Lipinski definition) is 1. The number of fused-ring (bicyclic) bond motifs is 1. The molecule has 0 saturated carbocycles. The molecule has 102 valence electrons. The molecule has 3 nitrogen and oxygen atoms in total. The van der Waals surface area contributed by atoms with E-state index in [1.54, 1.807) is 0 Å². The molecule has 3 heteroatoms. The third-order valence-electron chi connectivity index (χ3n) is 3.82. The van der Waals surface area contributed by atoms with Crippen molar-refractivity contribution in [1.82, 2.24) is 14.9 Å². The predicted molar refractivity (Wildman–Crippen MR) is 82.8 cm³/mol. The Kier molecular flexibility index (Phi) is 3.52. The molecule has 1 atom stereocenters. The molecule has 3 rings (SSSR count). The van der Waals surface area contributed by atoms with Crippen molar-refractivity contribution in [2.45, 2.75) is 19.5 Å².